The average Bonchev–Trinajstić information content (AvgIpc) is 3.16. The zero-order valence-corrected chi connectivity index (χ0v) is 19.1. The molecule has 1 fully saturated rings. The smallest absolute Gasteiger partial charge is 0.161 e. The molecule has 1 aliphatic heterocycles. The van der Waals surface area contributed by atoms with Crippen LogP contribution in [-0.4, -0.2) is 75.7 Å². The van der Waals surface area contributed by atoms with E-state index >= 15 is 0 Å². The van der Waals surface area contributed by atoms with Crippen LogP contribution < -0.4 is 14.2 Å². The van der Waals surface area contributed by atoms with Gasteiger partial charge in [0, 0.05) is 19.1 Å². The van der Waals surface area contributed by atoms with Crippen LogP contribution in [0.3, 0.4) is 0 Å². The number of rotatable bonds is 11. The fourth-order valence-corrected chi connectivity index (χ4v) is 5.60. The standard InChI is InChI=1S/C23H29NO7S/c1-29-22-8-7-17(11-23(22)30-2)12-24(19-9-10-32(27,28)16-19)13-20(26)15-31-21-6-4-3-5-18(21)14-25/h3-8,11,14,19-20,26H,9-10,12-13,15-16H2,1-2H3. The van der Waals surface area contributed by atoms with Crippen molar-refractivity contribution in [3.8, 4) is 17.2 Å². The Bertz CT molecular complexity index is 1020. The number of carbonyl (C=O) groups is 1. The maximum atomic E-state index is 12.1. The predicted molar refractivity (Wildman–Crippen MR) is 120 cm³/mol. The number of methoxy groups -OCH3 is 2. The highest BCUT2D eigenvalue weighted by molar-refractivity contribution is 7.91. The lowest BCUT2D eigenvalue weighted by Crippen LogP contribution is -2.42. The normalized spacial score (nSPS) is 18.3. The van der Waals surface area contributed by atoms with Gasteiger partial charge < -0.3 is 19.3 Å². The van der Waals surface area contributed by atoms with Crippen molar-refractivity contribution in [2.24, 2.45) is 0 Å². The third-order valence-electron chi connectivity index (χ3n) is 5.48. The Balaban J connectivity index is 1.72. The zero-order chi connectivity index (χ0) is 23.1. The Morgan fingerprint density at radius 1 is 1.12 bits per heavy atom. The number of para-hydroxylation sites is 1. The lowest BCUT2D eigenvalue weighted by atomic mass is 10.1. The van der Waals surface area contributed by atoms with Gasteiger partial charge in [-0.25, -0.2) is 8.42 Å². The van der Waals surface area contributed by atoms with Crippen LogP contribution >= 0.6 is 0 Å². The van der Waals surface area contributed by atoms with Crippen LogP contribution in [0.1, 0.15) is 22.3 Å². The quantitative estimate of drug-likeness (QED) is 0.505. The Morgan fingerprint density at radius 2 is 1.88 bits per heavy atom. The number of aliphatic hydroxyl groups excluding tert-OH is 1. The Kier molecular flexibility index (Phi) is 8.11. The van der Waals surface area contributed by atoms with Crippen molar-refractivity contribution in [3.05, 3.63) is 53.6 Å². The summed E-state index contributed by atoms with van der Waals surface area (Å²) >= 11 is 0. The third kappa shape index (κ3) is 6.21. The number of aldehydes is 1. The van der Waals surface area contributed by atoms with Crippen LogP contribution in [0.4, 0.5) is 0 Å². The van der Waals surface area contributed by atoms with Crippen LogP contribution in [0.5, 0.6) is 17.2 Å². The van der Waals surface area contributed by atoms with Crippen molar-refractivity contribution >= 4 is 16.1 Å². The maximum absolute atomic E-state index is 12.1. The molecule has 1 aliphatic rings. The number of nitrogens with zero attached hydrogens (tertiary/aromatic N) is 1. The molecular weight excluding hydrogens is 434 g/mol. The lowest BCUT2D eigenvalue weighted by molar-refractivity contribution is 0.0521. The first kappa shape index (κ1) is 24.0. The van der Waals surface area contributed by atoms with E-state index < -0.39 is 15.9 Å². The molecule has 8 nitrogen and oxygen atoms in total. The number of benzene rings is 2. The van der Waals surface area contributed by atoms with Crippen molar-refractivity contribution in [2.45, 2.75) is 25.1 Å². The topological polar surface area (TPSA) is 102 Å². The Labute approximate surface area is 188 Å². The molecule has 1 N–H and O–H groups in total. The molecule has 2 aromatic carbocycles. The molecule has 9 heteroatoms. The van der Waals surface area contributed by atoms with Crippen molar-refractivity contribution in [2.75, 3.05) is 38.9 Å². The van der Waals surface area contributed by atoms with Crippen LogP contribution in [0.15, 0.2) is 42.5 Å². The van der Waals surface area contributed by atoms with Gasteiger partial charge in [0.25, 0.3) is 0 Å². The fourth-order valence-electron chi connectivity index (χ4n) is 3.84. The summed E-state index contributed by atoms with van der Waals surface area (Å²) in [5.74, 6) is 1.78. The molecule has 0 spiro atoms. The van der Waals surface area contributed by atoms with E-state index in [0.29, 0.717) is 42.1 Å². The van der Waals surface area contributed by atoms with E-state index in [1.807, 2.05) is 17.0 Å². The number of aliphatic hydroxyl groups is 1. The van der Waals surface area contributed by atoms with Gasteiger partial charge in [0.05, 0.1) is 31.3 Å². The average molecular weight is 464 g/mol. The summed E-state index contributed by atoms with van der Waals surface area (Å²) in [6, 6.07) is 12.1. The summed E-state index contributed by atoms with van der Waals surface area (Å²) in [6.45, 7) is 0.632. The molecule has 1 heterocycles. The van der Waals surface area contributed by atoms with Gasteiger partial charge in [-0.3, -0.25) is 9.69 Å². The molecular formula is C23H29NO7S. The summed E-state index contributed by atoms with van der Waals surface area (Å²) in [5, 5.41) is 10.6. The second-order valence-corrected chi connectivity index (χ2v) is 10.0. The van der Waals surface area contributed by atoms with E-state index in [2.05, 4.69) is 0 Å². The second kappa shape index (κ2) is 10.8. The van der Waals surface area contributed by atoms with Crippen molar-refractivity contribution in [3.63, 3.8) is 0 Å². The predicted octanol–water partition coefficient (Wildman–Crippen LogP) is 1.95. The summed E-state index contributed by atoms with van der Waals surface area (Å²) in [4.78, 5) is 13.1. The number of carbonyl (C=O) groups excluding carboxylic acids is 1. The second-order valence-electron chi connectivity index (χ2n) is 7.80. The summed E-state index contributed by atoms with van der Waals surface area (Å²) in [7, 11) is 0.0242. The van der Waals surface area contributed by atoms with Gasteiger partial charge in [-0.15, -0.1) is 0 Å². The van der Waals surface area contributed by atoms with Crippen LogP contribution in [0, 0.1) is 0 Å². The van der Waals surface area contributed by atoms with Gasteiger partial charge in [0.1, 0.15) is 18.5 Å². The minimum Gasteiger partial charge on any atom is -0.493 e. The molecule has 1 saturated heterocycles. The van der Waals surface area contributed by atoms with Crippen molar-refractivity contribution < 1.29 is 32.5 Å². The monoisotopic (exact) mass is 463 g/mol. The lowest BCUT2D eigenvalue weighted by Gasteiger charge is -2.30. The molecule has 0 saturated carbocycles. The molecule has 0 bridgehead atoms. The molecule has 32 heavy (non-hydrogen) atoms. The Hall–Kier alpha value is -2.62. The van der Waals surface area contributed by atoms with Gasteiger partial charge in [-0.2, -0.15) is 0 Å². The van der Waals surface area contributed by atoms with E-state index in [9.17, 15) is 18.3 Å². The van der Waals surface area contributed by atoms with Gasteiger partial charge in [0.2, 0.25) is 0 Å². The van der Waals surface area contributed by atoms with Gasteiger partial charge in [-0.05, 0) is 36.2 Å². The first-order chi connectivity index (χ1) is 15.3. The van der Waals surface area contributed by atoms with Crippen molar-refractivity contribution in [1.82, 2.24) is 4.90 Å². The first-order valence-corrected chi connectivity index (χ1v) is 12.2. The summed E-state index contributed by atoms with van der Waals surface area (Å²) in [5.41, 5.74) is 1.31. The SMILES string of the molecule is COc1ccc(CN(CC(O)COc2ccccc2C=O)C2CCS(=O)(=O)C2)cc1OC. The first-order valence-electron chi connectivity index (χ1n) is 10.4. The van der Waals surface area contributed by atoms with Gasteiger partial charge in [0.15, 0.2) is 27.6 Å². The largest absolute Gasteiger partial charge is 0.493 e. The zero-order valence-electron chi connectivity index (χ0n) is 18.3. The van der Waals surface area contributed by atoms with Crippen LogP contribution in [0.25, 0.3) is 0 Å². The molecule has 0 radical (unpaired) electrons. The maximum Gasteiger partial charge on any atom is 0.161 e. The van der Waals surface area contributed by atoms with E-state index in [1.165, 1.54) is 0 Å². The third-order valence-corrected chi connectivity index (χ3v) is 7.23. The molecule has 174 valence electrons. The number of ether oxygens (including phenoxy) is 3. The molecule has 2 unspecified atom stereocenters. The molecule has 3 rings (SSSR count). The summed E-state index contributed by atoms with van der Waals surface area (Å²) in [6.07, 6.45) is 0.337. The molecule has 0 aromatic heterocycles. The van der Waals surface area contributed by atoms with E-state index in [1.54, 1.807) is 44.6 Å². The minimum atomic E-state index is -3.09. The molecule has 2 atom stereocenters. The Morgan fingerprint density at radius 3 is 2.53 bits per heavy atom. The fraction of sp³-hybridized carbons (Fsp3) is 0.435. The minimum absolute atomic E-state index is 0.0211. The highest BCUT2D eigenvalue weighted by Crippen LogP contribution is 2.29. The molecule has 0 amide bonds. The number of sulfone groups is 1. The van der Waals surface area contributed by atoms with Gasteiger partial charge >= 0.3 is 0 Å². The summed E-state index contributed by atoms with van der Waals surface area (Å²) < 4.78 is 40.4. The highest BCUT2D eigenvalue weighted by Gasteiger charge is 2.33. The molecule has 2 aromatic rings. The van der Waals surface area contributed by atoms with Crippen LogP contribution in [-0.2, 0) is 16.4 Å². The van der Waals surface area contributed by atoms with Crippen LogP contribution in [0.2, 0.25) is 0 Å². The molecule has 0 aliphatic carbocycles. The van der Waals surface area contributed by atoms with Crippen molar-refractivity contribution in [1.29, 1.82) is 0 Å². The number of hydrogen-bond acceptors (Lipinski definition) is 8. The van der Waals surface area contributed by atoms with E-state index in [0.717, 1.165) is 5.56 Å². The highest BCUT2D eigenvalue weighted by atomic mass is 32.2. The van der Waals surface area contributed by atoms with E-state index in [4.69, 9.17) is 14.2 Å². The van der Waals surface area contributed by atoms with E-state index in [-0.39, 0.29) is 30.7 Å². The van der Waals surface area contributed by atoms with Gasteiger partial charge in [-0.1, -0.05) is 18.2 Å². The number of hydrogen-bond donors (Lipinski definition) is 1.